The van der Waals surface area contributed by atoms with Crippen molar-refractivity contribution in [2.75, 3.05) is 11.9 Å². The Kier molecular flexibility index (Phi) is 2.90. The van der Waals surface area contributed by atoms with Crippen LogP contribution in [0.25, 0.3) is 0 Å². The molecule has 0 amide bonds. The van der Waals surface area contributed by atoms with E-state index >= 15 is 0 Å². The first-order valence-corrected chi connectivity index (χ1v) is 8.21. The highest BCUT2D eigenvalue weighted by Crippen LogP contribution is 2.50. The summed E-state index contributed by atoms with van der Waals surface area (Å²) in [6, 6.07) is 11.2. The molecule has 2 aromatic rings. The van der Waals surface area contributed by atoms with Crippen LogP contribution in [0.15, 0.2) is 40.2 Å². The molecule has 1 saturated heterocycles. The SMILES string of the molecule is Brc1ccc2c(c1)[C@@H]1OCC[C@H]1[C@@H](c1cccs1)N2. The molecule has 4 rings (SSSR count). The maximum absolute atomic E-state index is 6.01. The van der Waals surface area contributed by atoms with Crippen LogP contribution < -0.4 is 5.32 Å². The lowest BCUT2D eigenvalue weighted by Crippen LogP contribution is -2.28. The lowest BCUT2D eigenvalue weighted by molar-refractivity contribution is 0.0832. The lowest BCUT2D eigenvalue weighted by Gasteiger charge is -2.35. The van der Waals surface area contributed by atoms with Crippen LogP contribution in [0.2, 0.25) is 0 Å². The standard InChI is InChI=1S/C15H14BrNOS/c16-9-3-4-12-11(8-9)15-10(5-6-18-15)14(17-12)13-2-1-7-19-13/h1-4,7-8,10,14-15,17H,5-6H2/t10-,14-,15+/m0/s1. The average molecular weight is 336 g/mol. The number of fused-ring (bicyclic) bond motifs is 3. The fourth-order valence-corrected chi connectivity index (χ4v) is 4.42. The summed E-state index contributed by atoms with van der Waals surface area (Å²) in [5, 5.41) is 5.86. The highest BCUT2D eigenvalue weighted by Gasteiger charge is 2.41. The summed E-state index contributed by atoms with van der Waals surface area (Å²) in [5.41, 5.74) is 2.51. The van der Waals surface area contributed by atoms with Crippen LogP contribution in [0, 0.1) is 5.92 Å². The molecule has 2 nitrogen and oxygen atoms in total. The second-order valence-corrected chi connectivity index (χ2v) is 7.01. The number of thiophene rings is 1. The van der Waals surface area contributed by atoms with E-state index in [2.05, 4.69) is 57.0 Å². The third-order valence-electron chi connectivity index (χ3n) is 4.05. The summed E-state index contributed by atoms with van der Waals surface area (Å²) in [6.45, 7) is 0.866. The van der Waals surface area contributed by atoms with Crippen molar-refractivity contribution in [1.29, 1.82) is 0 Å². The summed E-state index contributed by atoms with van der Waals surface area (Å²) in [7, 11) is 0. The second-order valence-electron chi connectivity index (χ2n) is 5.11. The minimum atomic E-state index is 0.237. The van der Waals surface area contributed by atoms with Crippen molar-refractivity contribution in [3.63, 3.8) is 0 Å². The molecular formula is C15H14BrNOS. The molecule has 0 radical (unpaired) electrons. The largest absolute Gasteiger partial charge is 0.377 e. The van der Waals surface area contributed by atoms with Crippen molar-refractivity contribution in [2.24, 2.45) is 5.92 Å². The quantitative estimate of drug-likeness (QED) is 0.811. The summed E-state index contributed by atoms with van der Waals surface area (Å²) in [6.07, 6.45) is 1.37. The summed E-state index contributed by atoms with van der Waals surface area (Å²) >= 11 is 5.39. The number of benzene rings is 1. The highest BCUT2D eigenvalue weighted by atomic mass is 79.9. The number of halogens is 1. The minimum Gasteiger partial charge on any atom is -0.377 e. The summed E-state index contributed by atoms with van der Waals surface area (Å²) in [5.74, 6) is 0.542. The van der Waals surface area contributed by atoms with Crippen molar-refractivity contribution in [1.82, 2.24) is 0 Å². The molecule has 3 atom stereocenters. The predicted molar refractivity (Wildman–Crippen MR) is 81.6 cm³/mol. The van der Waals surface area contributed by atoms with E-state index in [9.17, 15) is 0 Å². The van der Waals surface area contributed by atoms with Crippen molar-refractivity contribution in [2.45, 2.75) is 18.6 Å². The van der Waals surface area contributed by atoms with E-state index in [1.807, 2.05) is 11.3 Å². The Bertz CT molecular complexity index is 598. The van der Waals surface area contributed by atoms with Crippen LogP contribution in [0.3, 0.4) is 0 Å². The maximum atomic E-state index is 6.01. The first kappa shape index (κ1) is 11.9. The second kappa shape index (κ2) is 4.62. The molecule has 0 bridgehead atoms. The van der Waals surface area contributed by atoms with Crippen LogP contribution in [-0.2, 0) is 4.74 Å². The Morgan fingerprint density at radius 1 is 1.32 bits per heavy atom. The van der Waals surface area contributed by atoms with Crippen LogP contribution >= 0.6 is 27.3 Å². The maximum Gasteiger partial charge on any atom is 0.0897 e. The van der Waals surface area contributed by atoms with Gasteiger partial charge in [-0.15, -0.1) is 11.3 Å². The first-order valence-electron chi connectivity index (χ1n) is 6.54. The van der Waals surface area contributed by atoms with Crippen LogP contribution in [0.5, 0.6) is 0 Å². The summed E-state index contributed by atoms with van der Waals surface area (Å²) in [4.78, 5) is 1.41. The molecule has 2 aliphatic rings. The smallest absolute Gasteiger partial charge is 0.0897 e. The zero-order chi connectivity index (χ0) is 12.8. The number of hydrogen-bond acceptors (Lipinski definition) is 3. The minimum absolute atomic E-state index is 0.237. The number of ether oxygens (including phenoxy) is 1. The van der Waals surface area contributed by atoms with Crippen molar-refractivity contribution in [3.8, 4) is 0 Å². The Hall–Kier alpha value is -0.840. The third kappa shape index (κ3) is 1.93. The van der Waals surface area contributed by atoms with Gasteiger partial charge in [0.1, 0.15) is 0 Å². The van der Waals surface area contributed by atoms with Gasteiger partial charge in [-0.1, -0.05) is 22.0 Å². The molecular weight excluding hydrogens is 322 g/mol. The molecule has 0 aliphatic carbocycles. The molecule has 0 unspecified atom stereocenters. The van der Waals surface area contributed by atoms with Gasteiger partial charge in [-0.25, -0.2) is 0 Å². The van der Waals surface area contributed by atoms with E-state index in [-0.39, 0.29) is 6.10 Å². The van der Waals surface area contributed by atoms with E-state index in [1.165, 1.54) is 16.1 Å². The molecule has 0 spiro atoms. The molecule has 19 heavy (non-hydrogen) atoms. The van der Waals surface area contributed by atoms with Crippen LogP contribution in [-0.4, -0.2) is 6.61 Å². The molecule has 3 heterocycles. The molecule has 1 aromatic heterocycles. The van der Waals surface area contributed by atoms with Gasteiger partial charge in [0.25, 0.3) is 0 Å². The van der Waals surface area contributed by atoms with Crippen molar-refractivity contribution < 1.29 is 4.74 Å². The van der Waals surface area contributed by atoms with Gasteiger partial charge in [0.15, 0.2) is 0 Å². The number of nitrogens with one attached hydrogen (secondary N) is 1. The van der Waals surface area contributed by atoms with Gasteiger partial charge < -0.3 is 10.1 Å². The van der Waals surface area contributed by atoms with E-state index < -0.39 is 0 Å². The average Bonchev–Trinajstić information content (AvgIpc) is 3.09. The number of rotatable bonds is 1. The van der Waals surface area contributed by atoms with E-state index in [0.717, 1.165) is 17.5 Å². The fraction of sp³-hybridized carbons (Fsp3) is 0.333. The van der Waals surface area contributed by atoms with Crippen LogP contribution in [0.1, 0.15) is 29.0 Å². The highest BCUT2D eigenvalue weighted by molar-refractivity contribution is 9.10. The number of hydrogen-bond donors (Lipinski definition) is 1. The topological polar surface area (TPSA) is 21.3 Å². The third-order valence-corrected chi connectivity index (χ3v) is 5.50. The van der Waals surface area contributed by atoms with Crippen LogP contribution in [0.4, 0.5) is 5.69 Å². The van der Waals surface area contributed by atoms with Gasteiger partial charge in [0.05, 0.1) is 12.1 Å². The molecule has 1 N–H and O–H groups in total. The molecule has 4 heteroatoms. The molecule has 0 saturated carbocycles. The predicted octanol–water partition coefficient (Wildman–Crippen LogP) is 4.76. The normalized spacial score (nSPS) is 28.6. The zero-order valence-corrected chi connectivity index (χ0v) is 12.7. The van der Waals surface area contributed by atoms with Gasteiger partial charge in [0.2, 0.25) is 0 Å². The summed E-state index contributed by atoms with van der Waals surface area (Å²) < 4.78 is 7.13. The Balaban J connectivity index is 1.80. The first-order chi connectivity index (χ1) is 9.33. The monoisotopic (exact) mass is 335 g/mol. The van der Waals surface area contributed by atoms with E-state index in [1.54, 1.807) is 0 Å². The van der Waals surface area contributed by atoms with Gasteiger partial charge in [0, 0.05) is 33.1 Å². The fourth-order valence-electron chi connectivity index (χ4n) is 3.19. The van der Waals surface area contributed by atoms with Gasteiger partial charge in [-0.05, 0) is 36.1 Å². The zero-order valence-electron chi connectivity index (χ0n) is 10.3. The molecule has 1 aromatic carbocycles. The van der Waals surface area contributed by atoms with Crippen molar-refractivity contribution >= 4 is 33.0 Å². The van der Waals surface area contributed by atoms with E-state index in [0.29, 0.717) is 12.0 Å². The van der Waals surface area contributed by atoms with Gasteiger partial charge in [-0.2, -0.15) is 0 Å². The molecule has 1 fully saturated rings. The Morgan fingerprint density at radius 3 is 3.11 bits per heavy atom. The van der Waals surface area contributed by atoms with Crippen molar-refractivity contribution in [3.05, 3.63) is 50.6 Å². The number of anilines is 1. The van der Waals surface area contributed by atoms with Gasteiger partial charge >= 0.3 is 0 Å². The lowest BCUT2D eigenvalue weighted by atomic mass is 9.83. The molecule has 2 aliphatic heterocycles. The Morgan fingerprint density at radius 2 is 2.26 bits per heavy atom. The Labute approximate surface area is 124 Å². The van der Waals surface area contributed by atoms with Gasteiger partial charge in [-0.3, -0.25) is 0 Å². The molecule has 98 valence electrons. The van der Waals surface area contributed by atoms with E-state index in [4.69, 9.17) is 4.74 Å².